The fourth-order valence-electron chi connectivity index (χ4n) is 1.39. The summed E-state index contributed by atoms with van der Waals surface area (Å²) < 4.78 is 5.04. The molecule has 1 atom stereocenters. The van der Waals surface area contributed by atoms with Gasteiger partial charge in [0.1, 0.15) is 0 Å². The van der Waals surface area contributed by atoms with Crippen LogP contribution >= 0.6 is 0 Å². The number of methoxy groups -OCH3 is 1. The number of carboxylic acids is 1. The lowest BCUT2D eigenvalue weighted by Gasteiger charge is -2.16. The molecule has 0 aliphatic rings. The number of nitrogens with one attached hydrogen (secondary N) is 1. The minimum absolute atomic E-state index is 0.00716. The van der Waals surface area contributed by atoms with Gasteiger partial charge in [0.25, 0.3) is 0 Å². The first kappa shape index (κ1) is 13.4. The molecular weight excluding hydrogens is 222 g/mol. The van der Waals surface area contributed by atoms with Crippen molar-refractivity contribution < 1.29 is 14.6 Å². The van der Waals surface area contributed by atoms with Gasteiger partial charge < -0.3 is 15.2 Å². The predicted octanol–water partition coefficient (Wildman–Crippen LogP) is 1.32. The highest BCUT2D eigenvalue weighted by atomic mass is 16.5. The molecule has 0 amide bonds. The molecule has 94 valence electrons. The quantitative estimate of drug-likeness (QED) is 0.778. The van der Waals surface area contributed by atoms with Gasteiger partial charge in [0.15, 0.2) is 5.69 Å². The van der Waals surface area contributed by atoms with Crippen LogP contribution in [0.3, 0.4) is 0 Å². The van der Waals surface area contributed by atoms with E-state index in [0.29, 0.717) is 18.2 Å². The number of anilines is 1. The Morgan fingerprint density at radius 1 is 1.59 bits per heavy atom. The predicted molar refractivity (Wildman–Crippen MR) is 63.3 cm³/mol. The lowest BCUT2D eigenvalue weighted by Crippen LogP contribution is -2.25. The molecule has 0 saturated heterocycles. The number of aromatic nitrogens is 2. The van der Waals surface area contributed by atoms with Gasteiger partial charge in [-0.2, -0.15) is 0 Å². The molecule has 1 unspecified atom stereocenters. The van der Waals surface area contributed by atoms with Gasteiger partial charge in [-0.3, -0.25) is 0 Å². The van der Waals surface area contributed by atoms with Gasteiger partial charge in [-0.1, -0.05) is 6.92 Å². The minimum Gasteiger partial charge on any atom is -0.477 e. The van der Waals surface area contributed by atoms with Crippen molar-refractivity contribution in [2.75, 3.05) is 19.0 Å². The van der Waals surface area contributed by atoms with Gasteiger partial charge in [0.2, 0.25) is 5.95 Å². The Hall–Kier alpha value is -1.69. The highest BCUT2D eigenvalue weighted by Gasteiger charge is 2.11. The van der Waals surface area contributed by atoms with E-state index in [-0.39, 0.29) is 11.7 Å². The Labute approximate surface area is 100 Å². The van der Waals surface area contributed by atoms with Crippen LogP contribution in [0.2, 0.25) is 0 Å². The number of hydrogen-bond donors (Lipinski definition) is 2. The van der Waals surface area contributed by atoms with Gasteiger partial charge in [-0.15, -0.1) is 0 Å². The van der Waals surface area contributed by atoms with Gasteiger partial charge in [0.05, 0.1) is 12.6 Å². The zero-order valence-corrected chi connectivity index (χ0v) is 10.2. The molecule has 17 heavy (non-hydrogen) atoms. The first-order valence-electron chi connectivity index (χ1n) is 5.41. The number of carbonyl (C=O) groups is 1. The van der Waals surface area contributed by atoms with E-state index in [0.717, 1.165) is 6.42 Å². The van der Waals surface area contributed by atoms with Crippen LogP contribution < -0.4 is 5.32 Å². The molecule has 1 rings (SSSR count). The topological polar surface area (TPSA) is 84.3 Å². The summed E-state index contributed by atoms with van der Waals surface area (Å²) in [6, 6.07) is 1.51. The van der Waals surface area contributed by atoms with Crippen molar-refractivity contribution in [2.24, 2.45) is 0 Å². The molecule has 0 aliphatic heterocycles. The van der Waals surface area contributed by atoms with E-state index in [1.54, 1.807) is 14.0 Å². The van der Waals surface area contributed by atoms with E-state index in [2.05, 4.69) is 15.3 Å². The molecule has 6 nitrogen and oxygen atoms in total. The van der Waals surface area contributed by atoms with Crippen molar-refractivity contribution in [1.82, 2.24) is 9.97 Å². The molecule has 1 aromatic rings. The molecule has 0 aromatic carbocycles. The van der Waals surface area contributed by atoms with Crippen molar-refractivity contribution >= 4 is 11.9 Å². The highest BCUT2D eigenvalue weighted by molar-refractivity contribution is 5.85. The maximum Gasteiger partial charge on any atom is 0.354 e. The molecule has 0 aliphatic carbocycles. The SMILES string of the molecule is CCC(COC)Nc1nc(C)cc(C(=O)O)n1. The third kappa shape index (κ3) is 3.99. The van der Waals surface area contributed by atoms with Gasteiger partial charge in [-0.05, 0) is 19.4 Å². The molecule has 0 saturated carbocycles. The number of hydrogen-bond acceptors (Lipinski definition) is 5. The lowest BCUT2D eigenvalue weighted by molar-refractivity contribution is 0.0690. The summed E-state index contributed by atoms with van der Waals surface area (Å²) in [4.78, 5) is 18.9. The normalized spacial score (nSPS) is 12.2. The molecule has 1 heterocycles. The van der Waals surface area contributed by atoms with E-state index in [1.165, 1.54) is 6.07 Å². The van der Waals surface area contributed by atoms with Crippen LogP contribution in [0.5, 0.6) is 0 Å². The molecule has 2 N–H and O–H groups in total. The third-order valence-corrected chi connectivity index (χ3v) is 2.27. The summed E-state index contributed by atoms with van der Waals surface area (Å²) in [5.41, 5.74) is 0.611. The molecule has 1 aromatic heterocycles. The maximum atomic E-state index is 10.8. The Morgan fingerprint density at radius 2 is 2.29 bits per heavy atom. The Balaban J connectivity index is 2.86. The van der Waals surface area contributed by atoms with Crippen LogP contribution in [-0.4, -0.2) is 40.8 Å². The Morgan fingerprint density at radius 3 is 2.82 bits per heavy atom. The van der Waals surface area contributed by atoms with Crippen molar-refractivity contribution in [3.8, 4) is 0 Å². The number of carboxylic acid groups (broad SMARTS) is 1. The fourth-order valence-corrected chi connectivity index (χ4v) is 1.39. The summed E-state index contributed by atoms with van der Waals surface area (Å²) in [7, 11) is 1.62. The first-order valence-corrected chi connectivity index (χ1v) is 5.41. The monoisotopic (exact) mass is 239 g/mol. The van der Waals surface area contributed by atoms with Crippen molar-refractivity contribution in [2.45, 2.75) is 26.3 Å². The van der Waals surface area contributed by atoms with Crippen LogP contribution in [0.25, 0.3) is 0 Å². The standard InChI is InChI=1S/C11H17N3O3/c1-4-8(6-17-3)13-11-12-7(2)5-9(14-11)10(15)16/h5,8H,4,6H2,1-3H3,(H,15,16)(H,12,13,14). The molecular formula is C11H17N3O3. The van der Waals surface area contributed by atoms with Gasteiger partial charge in [0, 0.05) is 12.8 Å². The van der Waals surface area contributed by atoms with Crippen LogP contribution in [-0.2, 0) is 4.74 Å². The van der Waals surface area contributed by atoms with Crippen molar-refractivity contribution in [3.63, 3.8) is 0 Å². The summed E-state index contributed by atoms with van der Waals surface area (Å²) >= 11 is 0. The molecule has 0 fully saturated rings. The molecule has 0 spiro atoms. The second-order valence-corrected chi connectivity index (χ2v) is 3.73. The first-order chi connectivity index (χ1) is 8.06. The van der Waals surface area contributed by atoms with E-state index in [1.807, 2.05) is 6.92 Å². The molecule has 0 bridgehead atoms. The van der Waals surface area contributed by atoms with Gasteiger partial charge >= 0.3 is 5.97 Å². The van der Waals surface area contributed by atoms with Gasteiger partial charge in [-0.25, -0.2) is 14.8 Å². The van der Waals surface area contributed by atoms with Crippen LogP contribution in [0.4, 0.5) is 5.95 Å². The lowest BCUT2D eigenvalue weighted by atomic mass is 10.2. The van der Waals surface area contributed by atoms with Crippen LogP contribution in [0.1, 0.15) is 29.5 Å². The Bertz CT molecular complexity index is 396. The van der Waals surface area contributed by atoms with Crippen molar-refractivity contribution in [1.29, 1.82) is 0 Å². The summed E-state index contributed by atoms with van der Waals surface area (Å²) in [5, 5.41) is 11.9. The number of nitrogens with zero attached hydrogens (tertiary/aromatic N) is 2. The average molecular weight is 239 g/mol. The second-order valence-electron chi connectivity index (χ2n) is 3.73. The summed E-state index contributed by atoms with van der Waals surface area (Å²) in [6.45, 7) is 4.26. The maximum absolute atomic E-state index is 10.8. The minimum atomic E-state index is -1.06. The molecule has 6 heteroatoms. The smallest absolute Gasteiger partial charge is 0.354 e. The number of ether oxygens (including phenoxy) is 1. The Kier molecular flexibility index (Phi) is 4.84. The van der Waals surface area contributed by atoms with Crippen LogP contribution in [0.15, 0.2) is 6.07 Å². The largest absolute Gasteiger partial charge is 0.477 e. The van der Waals surface area contributed by atoms with E-state index < -0.39 is 5.97 Å². The van der Waals surface area contributed by atoms with Crippen molar-refractivity contribution in [3.05, 3.63) is 17.5 Å². The second kappa shape index (κ2) is 6.15. The number of aryl methyl sites for hydroxylation is 1. The summed E-state index contributed by atoms with van der Waals surface area (Å²) in [6.07, 6.45) is 0.841. The summed E-state index contributed by atoms with van der Waals surface area (Å²) in [5.74, 6) is -0.732. The third-order valence-electron chi connectivity index (χ3n) is 2.27. The van der Waals surface area contributed by atoms with E-state index >= 15 is 0 Å². The highest BCUT2D eigenvalue weighted by Crippen LogP contribution is 2.07. The fraction of sp³-hybridized carbons (Fsp3) is 0.545. The van der Waals surface area contributed by atoms with Crippen LogP contribution in [0, 0.1) is 6.92 Å². The van der Waals surface area contributed by atoms with E-state index in [4.69, 9.17) is 9.84 Å². The number of rotatable bonds is 6. The average Bonchev–Trinajstić information content (AvgIpc) is 2.27. The number of aromatic carboxylic acids is 1. The zero-order chi connectivity index (χ0) is 12.8. The van der Waals surface area contributed by atoms with E-state index in [9.17, 15) is 4.79 Å². The molecule has 0 radical (unpaired) electrons. The zero-order valence-electron chi connectivity index (χ0n) is 10.2.